The third-order valence-electron chi connectivity index (χ3n) is 4.07. The highest BCUT2D eigenvalue weighted by Crippen LogP contribution is 2.20. The monoisotopic (exact) mass is 330 g/mol. The molecule has 0 unspecified atom stereocenters. The maximum Gasteiger partial charge on any atom is 0.194 e. The minimum atomic E-state index is -0.163. The average Bonchev–Trinajstić information content (AvgIpc) is 3.13. The Morgan fingerprint density at radius 2 is 1.96 bits per heavy atom. The van der Waals surface area contributed by atoms with E-state index in [0.29, 0.717) is 12.2 Å². The first-order chi connectivity index (χ1) is 11.8. The third kappa shape index (κ3) is 3.88. The highest BCUT2D eigenvalue weighted by molar-refractivity contribution is 5.80. The number of furan rings is 1. The Morgan fingerprint density at radius 3 is 2.62 bits per heavy atom. The van der Waals surface area contributed by atoms with E-state index in [9.17, 15) is 4.39 Å². The highest BCUT2D eigenvalue weighted by Gasteiger charge is 2.21. The van der Waals surface area contributed by atoms with Crippen molar-refractivity contribution in [3.8, 4) is 0 Å². The molecule has 2 heterocycles. The smallest absolute Gasteiger partial charge is 0.194 e. The van der Waals surface area contributed by atoms with Crippen molar-refractivity contribution in [1.82, 2.24) is 10.2 Å². The van der Waals surface area contributed by atoms with Gasteiger partial charge >= 0.3 is 0 Å². The number of anilines is 1. The van der Waals surface area contributed by atoms with Crippen molar-refractivity contribution in [1.29, 1.82) is 0 Å². The van der Waals surface area contributed by atoms with Gasteiger partial charge in [0.05, 0.1) is 12.0 Å². The van der Waals surface area contributed by atoms with Crippen LogP contribution >= 0.6 is 0 Å². The summed E-state index contributed by atoms with van der Waals surface area (Å²) in [5.41, 5.74) is 0.676. The largest absolute Gasteiger partial charge is 0.467 e. The number of nitrogens with one attached hydrogen (secondary N) is 1. The minimum absolute atomic E-state index is 0.163. The molecule has 0 atom stereocenters. The van der Waals surface area contributed by atoms with Crippen LogP contribution in [0.15, 0.2) is 52.1 Å². The lowest BCUT2D eigenvalue weighted by atomic mass is 10.2. The van der Waals surface area contributed by atoms with Crippen molar-refractivity contribution in [2.45, 2.75) is 13.5 Å². The summed E-state index contributed by atoms with van der Waals surface area (Å²) in [7, 11) is 0. The number of guanidine groups is 1. The summed E-state index contributed by atoms with van der Waals surface area (Å²) in [4.78, 5) is 8.94. The fourth-order valence-corrected chi connectivity index (χ4v) is 2.85. The van der Waals surface area contributed by atoms with E-state index in [4.69, 9.17) is 4.42 Å². The molecule has 2 aromatic rings. The zero-order valence-corrected chi connectivity index (χ0v) is 13.9. The number of para-hydroxylation sites is 1. The van der Waals surface area contributed by atoms with Crippen LogP contribution < -0.4 is 10.2 Å². The van der Waals surface area contributed by atoms with Crippen LogP contribution in [0.2, 0.25) is 0 Å². The Kier molecular flexibility index (Phi) is 5.36. The number of aliphatic imine (C=N–C) groups is 1. The Hall–Kier alpha value is -2.50. The fraction of sp³-hybridized carbons (Fsp3) is 0.389. The van der Waals surface area contributed by atoms with E-state index in [1.807, 2.05) is 24.3 Å². The SMILES string of the molecule is CCNC(=NCc1ccco1)N1CCN(c2ccccc2F)CC1. The van der Waals surface area contributed by atoms with Crippen molar-refractivity contribution in [3.05, 3.63) is 54.2 Å². The molecule has 0 amide bonds. The quantitative estimate of drug-likeness (QED) is 0.691. The van der Waals surface area contributed by atoms with Gasteiger partial charge in [-0.05, 0) is 31.2 Å². The number of halogens is 1. The predicted molar refractivity (Wildman–Crippen MR) is 93.7 cm³/mol. The van der Waals surface area contributed by atoms with Gasteiger partial charge in [0.1, 0.15) is 18.1 Å². The van der Waals surface area contributed by atoms with E-state index in [1.165, 1.54) is 6.07 Å². The molecule has 0 saturated carbocycles. The van der Waals surface area contributed by atoms with Gasteiger partial charge in [-0.1, -0.05) is 12.1 Å². The highest BCUT2D eigenvalue weighted by atomic mass is 19.1. The molecule has 24 heavy (non-hydrogen) atoms. The zero-order chi connectivity index (χ0) is 16.8. The van der Waals surface area contributed by atoms with Crippen LogP contribution in [0.4, 0.5) is 10.1 Å². The van der Waals surface area contributed by atoms with Gasteiger partial charge in [0.2, 0.25) is 0 Å². The van der Waals surface area contributed by atoms with Crippen LogP contribution in [-0.2, 0) is 6.54 Å². The number of nitrogens with zero attached hydrogens (tertiary/aromatic N) is 3. The number of benzene rings is 1. The van der Waals surface area contributed by atoms with Crippen LogP contribution in [0.3, 0.4) is 0 Å². The molecule has 5 nitrogen and oxygen atoms in total. The molecule has 0 radical (unpaired) electrons. The van der Waals surface area contributed by atoms with E-state index in [0.717, 1.165) is 44.4 Å². The van der Waals surface area contributed by atoms with E-state index in [2.05, 4.69) is 27.0 Å². The van der Waals surface area contributed by atoms with Gasteiger partial charge < -0.3 is 19.5 Å². The molecular formula is C18H23FN4O. The van der Waals surface area contributed by atoms with Crippen LogP contribution in [0.5, 0.6) is 0 Å². The lowest BCUT2D eigenvalue weighted by Gasteiger charge is -2.37. The molecule has 1 saturated heterocycles. The van der Waals surface area contributed by atoms with Crippen molar-refractivity contribution >= 4 is 11.6 Å². The first-order valence-corrected chi connectivity index (χ1v) is 8.33. The van der Waals surface area contributed by atoms with Gasteiger partial charge in [-0.3, -0.25) is 0 Å². The maximum atomic E-state index is 13.9. The Balaban J connectivity index is 1.63. The van der Waals surface area contributed by atoms with Gasteiger partial charge in [-0.2, -0.15) is 0 Å². The van der Waals surface area contributed by atoms with Gasteiger partial charge in [0, 0.05) is 32.7 Å². The third-order valence-corrected chi connectivity index (χ3v) is 4.07. The van der Waals surface area contributed by atoms with Crippen LogP contribution in [0.1, 0.15) is 12.7 Å². The van der Waals surface area contributed by atoms with Crippen molar-refractivity contribution in [2.75, 3.05) is 37.6 Å². The average molecular weight is 330 g/mol. The molecule has 0 spiro atoms. The summed E-state index contributed by atoms with van der Waals surface area (Å²) in [5.74, 6) is 1.56. The molecule has 1 aliphatic rings. The van der Waals surface area contributed by atoms with Crippen LogP contribution in [-0.4, -0.2) is 43.6 Å². The predicted octanol–water partition coefficient (Wildman–Crippen LogP) is 2.71. The van der Waals surface area contributed by atoms with Crippen LogP contribution in [0, 0.1) is 5.82 Å². The maximum absolute atomic E-state index is 13.9. The van der Waals surface area contributed by atoms with E-state index in [1.54, 1.807) is 12.3 Å². The van der Waals surface area contributed by atoms with E-state index >= 15 is 0 Å². The standard InChI is InChI=1S/C18H23FN4O/c1-2-20-18(21-14-15-6-5-13-24-15)23-11-9-22(10-12-23)17-8-4-3-7-16(17)19/h3-8,13H,2,9-12,14H2,1H3,(H,20,21). The summed E-state index contributed by atoms with van der Waals surface area (Å²) in [6, 6.07) is 10.7. The van der Waals surface area contributed by atoms with Gasteiger partial charge in [-0.15, -0.1) is 0 Å². The molecule has 0 bridgehead atoms. The second-order valence-electron chi connectivity index (χ2n) is 5.68. The summed E-state index contributed by atoms with van der Waals surface area (Å²) in [5, 5.41) is 3.32. The molecule has 128 valence electrons. The van der Waals surface area contributed by atoms with Crippen LogP contribution in [0.25, 0.3) is 0 Å². The zero-order valence-electron chi connectivity index (χ0n) is 13.9. The summed E-state index contributed by atoms with van der Waals surface area (Å²) < 4.78 is 19.3. The molecule has 0 aliphatic carbocycles. The Bertz CT molecular complexity index is 663. The lowest BCUT2D eigenvalue weighted by Crippen LogP contribution is -2.52. The fourth-order valence-electron chi connectivity index (χ4n) is 2.85. The van der Waals surface area contributed by atoms with E-state index < -0.39 is 0 Å². The molecule has 6 heteroatoms. The second kappa shape index (κ2) is 7.86. The Morgan fingerprint density at radius 1 is 1.17 bits per heavy atom. The Labute approximate surface area is 141 Å². The molecule has 1 aliphatic heterocycles. The van der Waals surface area contributed by atoms with Gasteiger partial charge in [-0.25, -0.2) is 9.38 Å². The number of piperazine rings is 1. The topological polar surface area (TPSA) is 44.0 Å². The van der Waals surface area contributed by atoms with Crippen molar-refractivity contribution in [3.63, 3.8) is 0 Å². The van der Waals surface area contributed by atoms with Crippen molar-refractivity contribution in [2.24, 2.45) is 4.99 Å². The van der Waals surface area contributed by atoms with E-state index in [-0.39, 0.29) is 5.82 Å². The molecular weight excluding hydrogens is 307 g/mol. The first kappa shape index (κ1) is 16.4. The summed E-state index contributed by atoms with van der Waals surface area (Å²) >= 11 is 0. The van der Waals surface area contributed by atoms with Crippen molar-refractivity contribution < 1.29 is 8.81 Å². The summed E-state index contributed by atoms with van der Waals surface area (Å²) in [6.45, 7) is 6.53. The number of hydrogen-bond acceptors (Lipinski definition) is 3. The number of hydrogen-bond donors (Lipinski definition) is 1. The minimum Gasteiger partial charge on any atom is -0.467 e. The molecule has 1 aromatic heterocycles. The second-order valence-corrected chi connectivity index (χ2v) is 5.68. The summed E-state index contributed by atoms with van der Waals surface area (Å²) in [6.07, 6.45) is 1.66. The van der Waals surface area contributed by atoms with Gasteiger partial charge in [0.25, 0.3) is 0 Å². The molecule has 1 N–H and O–H groups in total. The first-order valence-electron chi connectivity index (χ1n) is 8.33. The van der Waals surface area contributed by atoms with Gasteiger partial charge in [0.15, 0.2) is 5.96 Å². The normalized spacial score (nSPS) is 15.7. The molecule has 1 aromatic carbocycles. The molecule has 3 rings (SSSR count). The lowest BCUT2D eigenvalue weighted by molar-refractivity contribution is 0.370. The molecule has 1 fully saturated rings. The number of rotatable bonds is 4.